The predicted octanol–water partition coefficient (Wildman–Crippen LogP) is 2.77. The van der Waals surface area contributed by atoms with E-state index in [4.69, 9.17) is 17.3 Å². The highest BCUT2D eigenvalue weighted by atomic mass is 32.2. The highest BCUT2D eigenvalue weighted by Gasteiger charge is 2.41. The Balaban J connectivity index is 2.24. The second-order valence-corrected chi connectivity index (χ2v) is 7.17. The Morgan fingerprint density at radius 3 is 2.44 bits per heavy atom. The first-order valence-electron chi connectivity index (χ1n) is 7.64. The van der Waals surface area contributed by atoms with E-state index in [0.717, 1.165) is 35.1 Å². The molecule has 1 saturated heterocycles. The largest absolute Gasteiger partial charge is 0.481 e. The molecule has 1 amide bonds. The number of carbonyl (C=O) groups is 3. The number of aryl methyl sites for hydroxylation is 1. The molecule has 1 atom stereocenters. The summed E-state index contributed by atoms with van der Waals surface area (Å²) in [4.78, 5) is 35.9. The molecule has 25 heavy (non-hydrogen) atoms. The zero-order chi connectivity index (χ0) is 18.6. The third-order valence-electron chi connectivity index (χ3n) is 3.60. The van der Waals surface area contributed by atoms with Crippen LogP contribution in [0.5, 0.6) is 0 Å². The van der Waals surface area contributed by atoms with Gasteiger partial charge in [-0.25, -0.2) is 4.79 Å². The highest BCUT2D eigenvalue weighted by molar-refractivity contribution is 8.26. The van der Waals surface area contributed by atoms with Crippen LogP contribution in [0.1, 0.15) is 30.9 Å². The molecule has 0 radical (unpaired) electrons. The van der Waals surface area contributed by atoms with E-state index in [-0.39, 0.29) is 9.23 Å². The zero-order valence-electron chi connectivity index (χ0n) is 13.5. The summed E-state index contributed by atoms with van der Waals surface area (Å²) >= 11 is 6.06. The van der Waals surface area contributed by atoms with E-state index in [0.29, 0.717) is 0 Å². The maximum atomic E-state index is 12.5. The van der Waals surface area contributed by atoms with E-state index < -0.39 is 30.3 Å². The molecule has 8 heteroatoms. The molecule has 6 nitrogen and oxygen atoms in total. The van der Waals surface area contributed by atoms with Crippen molar-refractivity contribution >= 4 is 52.2 Å². The van der Waals surface area contributed by atoms with Gasteiger partial charge in [-0.3, -0.25) is 14.5 Å². The van der Waals surface area contributed by atoms with E-state index >= 15 is 0 Å². The summed E-state index contributed by atoms with van der Waals surface area (Å²) in [6.07, 6.45) is 2.94. The minimum atomic E-state index is -1.51. The first-order chi connectivity index (χ1) is 11.8. The van der Waals surface area contributed by atoms with Gasteiger partial charge in [-0.2, -0.15) is 0 Å². The van der Waals surface area contributed by atoms with Crippen LogP contribution in [-0.2, 0) is 20.8 Å². The average molecular weight is 379 g/mol. The SMILES string of the molecule is CCCc1ccc(C=C2SC(=S)N(C(CC(=O)O)C(=O)O)C2=O)cc1. The van der Waals surface area contributed by atoms with Gasteiger partial charge >= 0.3 is 11.9 Å². The van der Waals surface area contributed by atoms with Crippen LogP contribution in [0.4, 0.5) is 0 Å². The van der Waals surface area contributed by atoms with E-state index in [1.54, 1.807) is 6.08 Å². The Morgan fingerprint density at radius 2 is 1.92 bits per heavy atom. The lowest BCUT2D eigenvalue weighted by atomic mass is 10.1. The van der Waals surface area contributed by atoms with Gasteiger partial charge in [0.2, 0.25) is 0 Å². The van der Waals surface area contributed by atoms with Gasteiger partial charge in [-0.05, 0) is 23.6 Å². The van der Waals surface area contributed by atoms with Gasteiger partial charge in [0.25, 0.3) is 5.91 Å². The number of carbonyl (C=O) groups excluding carboxylic acids is 1. The van der Waals surface area contributed by atoms with Crippen LogP contribution in [-0.4, -0.2) is 43.3 Å². The van der Waals surface area contributed by atoms with E-state index in [1.807, 2.05) is 24.3 Å². The molecule has 0 spiro atoms. The first kappa shape index (κ1) is 19.1. The topological polar surface area (TPSA) is 94.9 Å². The molecule has 132 valence electrons. The molecule has 2 N–H and O–H groups in total. The molecule has 1 aromatic carbocycles. The Morgan fingerprint density at radius 1 is 1.28 bits per heavy atom. The Hall–Kier alpha value is -2.19. The fraction of sp³-hybridized carbons (Fsp3) is 0.294. The number of hydrogen-bond acceptors (Lipinski definition) is 5. The minimum absolute atomic E-state index is 0.0486. The summed E-state index contributed by atoms with van der Waals surface area (Å²) in [6, 6.07) is 6.19. The standard InChI is InChI=1S/C17H17NO5S2/c1-2-3-10-4-6-11(7-5-10)8-13-15(21)18(17(24)25-13)12(16(22)23)9-14(19)20/h4-8,12H,2-3,9H2,1H3,(H,19,20)(H,22,23). The number of thiocarbonyl (C=S) groups is 1. The van der Waals surface area contributed by atoms with Crippen LogP contribution >= 0.6 is 24.0 Å². The lowest BCUT2D eigenvalue weighted by molar-refractivity contribution is -0.150. The van der Waals surface area contributed by atoms with Gasteiger partial charge in [-0.1, -0.05) is 61.6 Å². The number of rotatable bonds is 7. The summed E-state index contributed by atoms with van der Waals surface area (Å²) in [7, 11) is 0. The second-order valence-electron chi connectivity index (χ2n) is 5.50. The lowest BCUT2D eigenvalue weighted by Crippen LogP contribution is -2.45. The Bertz CT molecular complexity index is 742. The van der Waals surface area contributed by atoms with Crippen LogP contribution < -0.4 is 0 Å². The third-order valence-corrected chi connectivity index (χ3v) is 4.93. The molecule has 1 aliphatic rings. The van der Waals surface area contributed by atoms with E-state index in [2.05, 4.69) is 6.92 Å². The molecule has 1 unspecified atom stereocenters. The number of nitrogens with zero attached hydrogens (tertiary/aromatic N) is 1. The Labute approximate surface area is 154 Å². The molecule has 2 rings (SSSR count). The van der Waals surface area contributed by atoms with Crippen LogP contribution in [0.2, 0.25) is 0 Å². The number of carboxylic acid groups (broad SMARTS) is 2. The van der Waals surface area contributed by atoms with Crippen molar-refractivity contribution in [2.75, 3.05) is 0 Å². The lowest BCUT2D eigenvalue weighted by Gasteiger charge is -2.21. The molecule has 0 bridgehead atoms. The molecular weight excluding hydrogens is 362 g/mol. The smallest absolute Gasteiger partial charge is 0.327 e. The number of thioether (sulfide) groups is 1. The quantitative estimate of drug-likeness (QED) is 0.555. The van der Waals surface area contributed by atoms with E-state index in [9.17, 15) is 19.5 Å². The van der Waals surface area contributed by atoms with Gasteiger partial charge in [0.05, 0.1) is 11.3 Å². The number of carboxylic acids is 2. The number of amides is 1. The number of hydrogen-bond donors (Lipinski definition) is 2. The van der Waals surface area contributed by atoms with Crippen LogP contribution in [0.3, 0.4) is 0 Å². The van der Waals surface area contributed by atoms with Gasteiger partial charge in [0.15, 0.2) is 0 Å². The van der Waals surface area contributed by atoms with Gasteiger partial charge in [0, 0.05) is 0 Å². The fourth-order valence-electron chi connectivity index (χ4n) is 2.42. The molecule has 1 fully saturated rings. The van der Waals surface area contributed by atoms with Gasteiger partial charge < -0.3 is 10.2 Å². The van der Waals surface area contributed by atoms with Crippen molar-refractivity contribution in [2.45, 2.75) is 32.2 Å². The summed E-state index contributed by atoms with van der Waals surface area (Å²) in [5, 5.41) is 18.1. The highest BCUT2D eigenvalue weighted by Crippen LogP contribution is 2.34. The number of aliphatic carboxylic acids is 2. The fourth-order valence-corrected chi connectivity index (χ4v) is 3.78. The summed E-state index contributed by atoms with van der Waals surface area (Å²) in [5.41, 5.74) is 1.99. The number of benzene rings is 1. The molecule has 1 heterocycles. The summed E-state index contributed by atoms with van der Waals surface area (Å²) in [6.45, 7) is 2.09. The summed E-state index contributed by atoms with van der Waals surface area (Å²) < 4.78 is 0.0486. The van der Waals surface area contributed by atoms with Crippen LogP contribution in [0.25, 0.3) is 6.08 Å². The molecule has 1 aliphatic heterocycles. The van der Waals surface area contributed by atoms with Crippen molar-refractivity contribution < 1.29 is 24.6 Å². The molecular formula is C17H17NO5S2. The maximum Gasteiger partial charge on any atom is 0.327 e. The van der Waals surface area contributed by atoms with Crippen molar-refractivity contribution in [2.24, 2.45) is 0 Å². The van der Waals surface area contributed by atoms with Crippen molar-refractivity contribution in [3.8, 4) is 0 Å². The molecule has 0 aliphatic carbocycles. The molecule has 0 saturated carbocycles. The minimum Gasteiger partial charge on any atom is -0.481 e. The summed E-state index contributed by atoms with van der Waals surface area (Å²) in [5.74, 6) is -3.29. The van der Waals surface area contributed by atoms with Crippen LogP contribution in [0, 0.1) is 0 Å². The van der Waals surface area contributed by atoms with Crippen molar-refractivity contribution in [3.63, 3.8) is 0 Å². The predicted molar refractivity (Wildman–Crippen MR) is 99.1 cm³/mol. The Kier molecular flexibility index (Phi) is 6.33. The zero-order valence-corrected chi connectivity index (χ0v) is 15.1. The second kappa shape index (κ2) is 8.26. The van der Waals surface area contributed by atoms with Gasteiger partial charge in [0.1, 0.15) is 10.4 Å². The third kappa shape index (κ3) is 4.67. The first-order valence-corrected chi connectivity index (χ1v) is 8.86. The van der Waals surface area contributed by atoms with Crippen molar-refractivity contribution in [3.05, 3.63) is 40.3 Å². The average Bonchev–Trinajstić information content (AvgIpc) is 2.81. The molecule has 1 aromatic rings. The van der Waals surface area contributed by atoms with Crippen molar-refractivity contribution in [1.82, 2.24) is 4.90 Å². The van der Waals surface area contributed by atoms with Crippen molar-refractivity contribution in [1.29, 1.82) is 0 Å². The van der Waals surface area contributed by atoms with Gasteiger partial charge in [-0.15, -0.1) is 0 Å². The van der Waals surface area contributed by atoms with Crippen LogP contribution in [0.15, 0.2) is 29.2 Å². The maximum absolute atomic E-state index is 12.5. The molecule has 0 aromatic heterocycles. The monoisotopic (exact) mass is 379 g/mol. The van der Waals surface area contributed by atoms with E-state index in [1.165, 1.54) is 5.56 Å². The normalized spacial score (nSPS) is 17.2.